The summed E-state index contributed by atoms with van der Waals surface area (Å²) in [4.78, 5) is 13.8. The maximum Gasteiger partial charge on any atom is 0.224 e. The van der Waals surface area contributed by atoms with E-state index in [1.54, 1.807) is 0 Å². The van der Waals surface area contributed by atoms with Crippen LogP contribution in [0.15, 0.2) is 30.3 Å². The Morgan fingerprint density at radius 1 is 1.40 bits per heavy atom. The molecule has 0 bridgehead atoms. The van der Waals surface area contributed by atoms with Gasteiger partial charge >= 0.3 is 0 Å². The SMILES string of the molecule is CC(C)(CNC1CCN(Cc2ccccc2)C1)C(N)=O. The predicted molar refractivity (Wildman–Crippen MR) is 81.1 cm³/mol. The van der Waals surface area contributed by atoms with Crippen LogP contribution < -0.4 is 11.1 Å². The Labute approximate surface area is 121 Å². The van der Waals surface area contributed by atoms with Gasteiger partial charge < -0.3 is 11.1 Å². The standard InChI is InChI=1S/C16H25N3O/c1-16(2,15(17)20)12-18-14-8-9-19(11-14)10-13-6-4-3-5-7-13/h3-7,14,18H,8-12H2,1-2H3,(H2,17,20). The van der Waals surface area contributed by atoms with Gasteiger partial charge in [0.05, 0.1) is 5.41 Å². The lowest BCUT2D eigenvalue weighted by Crippen LogP contribution is -2.44. The topological polar surface area (TPSA) is 58.4 Å². The van der Waals surface area contributed by atoms with Crippen LogP contribution >= 0.6 is 0 Å². The summed E-state index contributed by atoms with van der Waals surface area (Å²) in [6, 6.07) is 11.0. The molecule has 0 aliphatic carbocycles. The summed E-state index contributed by atoms with van der Waals surface area (Å²) in [5.41, 5.74) is 6.27. The van der Waals surface area contributed by atoms with Crippen LogP contribution in [0.2, 0.25) is 0 Å². The smallest absolute Gasteiger partial charge is 0.224 e. The normalized spacial score (nSPS) is 20.2. The molecule has 1 atom stereocenters. The minimum absolute atomic E-state index is 0.246. The van der Waals surface area contributed by atoms with Crippen molar-refractivity contribution in [1.82, 2.24) is 10.2 Å². The van der Waals surface area contributed by atoms with E-state index in [2.05, 4.69) is 34.5 Å². The summed E-state index contributed by atoms with van der Waals surface area (Å²) >= 11 is 0. The lowest BCUT2D eigenvalue weighted by molar-refractivity contribution is -0.125. The van der Waals surface area contributed by atoms with Gasteiger partial charge in [-0.15, -0.1) is 0 Å². The minimum Gasteiger partial charge on any atom is -0.369 e. The molecule has 1 aliphatic heterocycles. The number of nitrogens with zero attached hydrogens (tertiary/aromatic N) is 1. The second-order valence-corrected chi connectivity index (χ2v) is 6.34. The molecule has 0 saturated carbocycles. The van der Waals surface area contributed by atoms with Gasteiger partial charge in [-0.2, -0.15) is 0 Å². The number of carbonyl (C=O) groups is 1. The molecule has 1 unspecified atom stereocenters. The Morgan fingerprint density at radius 2 is 2.10 bits per heavy atom. The van der Waals surface area contributed by atoms with Crippen LogP contribution in [0.5, 0.6) is 0 Å². The monoisotopic (exact) mass is 275 g/mol. The molecule has 2 rings (SSSR count). The van der Waals surface area contributed by atoms with Crippen LogP contribution in [0, 0.1) is 5.41 Å². The molecule has 1 aromatic carbocycles. The molecule has 1 fully saturated rings. The van der Waals surface area contributed by atoms with Gasteiger partial charge in [-0.1, -0.05) is 30.3 Å². The number of carbonyl (C=O) groups excluding carboxylic acids is 1. The third-order valence-electron chi connectivity index (χ3n) is 4.02. The molecule has 1 aromatic rings. The zero-order chi connectivity index (χ0) is 14.6. The van der Waals surface area contributed by atoms with Gasteiger partial charge in [0.1, 0.15) is 0 Å². The highest BCUT2D eigenvalue weighted by atomic mass is 16.1. The number of hydrogen-bond acceptors (Lipinski definition) is 3. The second kappa shape index (κ2) is 6.37. The van der Waals surface area contributed by atoms with E-state index < -0.39 is 5.41 Å². The highest BCUT2D eigenvalue weighted by molar-refractivity contribution is 5.80. The molecule has 0 spiro atoms. The lowest BCUT2D eigenvalue weighted by Gasteiger charge is -2.24. The van der Waals surface area contributed by atoms with Crippen molar-refractivity contribution in [2.45, 2.75) is 32.9 Å². The molecule has 1 saturated heterocycles. The Hall–Kier alpha value is -1.39. The average molecular weight is 275 g/mol. The van der Waals surface area contributed by atoms with Crippen molar-refractivity contribution in [2.75, 3.05) is 19.6 Å². The number of benzene rings is 1. The van der Waals surface area contributed by atoms with E-state index in [4.69, 9.17) is 5.73 Å². The Morgan fingerprint density at radius 3 is 2.75 bits per heavy atom. The molecule has 3 N–H and O–H groups in total. The van der Waals surface area contributed by atoms with Crippen LogP contribution in [0.4, 0.5) is 0 Å². The van der Waals surface area contributed by atoms with E-state index in [0.29, 0.717) is 12.6 Å². The summed E-state index contributed by atoms with van der Waals surface area (Å²) in [6.45, 7) is 7.55. The van der Waals surface area contributed by atoms with E-state index in [0.717, 1.165) is 26.1 Å². The van der Waals surface area contributed by atoms with E-state index in [-0.39, 0.29) is 5.91 Å². The van der Waals surface area contributed by atoms with E-state index in [9.17, 15) is 4.79 Å². The number of rotatable bonds is 6. The van der Waals surface area contributed by atoms with Crippen molar-refractivity contribution in [3.05, 3.63) is 35.9 Å². The largest absolute Gasteiger partial charge is 0.369 e. The van der Waals surface area contributed by atoms with E-state index in [1.807, 2.05) is 19.9 Å². The molecule has 1 amide bonds. The van der Waals surface area contributed by atoms with Gasteiger partial charge in [-0.3, -0.25) is 9.69 Å². The Bertz CT molecular complexity index is 444. The third-order valence-corrected chi connectivity index (χ3v) is 4.02. The van der Waals surface area contributed by atoms with Gasteiger partial charge in [0.25, 0.3) is 0 Å². The predicted octanol–water partition coefficient (Wildman–Crippen LogP) is 1.36. The summed E-state index contributed by atoms with van der Waals surface area (Å²) in [5, 5.41) is 3.48. The van der Waals surface area contributed by atoms with Gasteiger partial charge in [0.15, 0.2) is 0 Å². The molecular weight excluding hydrogens is 250 g/mol. The first-order valence-corrected chi connectivity index (χ1v) is 7.27. The molecule has 0 radical (unpaired) electrons. The Kier molecular flexibility index (Phi) is 4.78. The van der Waals surface area contributed by atoms with E-state index >= 15 is 0 Å². The summed E-state index contributed by atoms with van der Waals surface area (Å²) in [5.74, 6) is -0.246. The zero-order valence-corrected chi connectivity index (χ0v) is 12.4. The molecule has 1 heterocycles. The van der Waals surface area contributed by atoms with Crippen molar-refractivity contribution in [1.29, 1.82) is 0 Å². The number of nitrogens with two attached hydrogens (primary N) is 1. The number of amides is 1. The number of primary amides is 1. The summed E-state index contributed by atoms with van der Waals surface area (Å²) in [6.07, 6.45) is 1.13. The van der Waals surface area contributed by atoms with Crippen LogP contribution in [-0.2, 0) is 11.3 Å². The number of likely N-dealkylation sites (tertiary alicyclic amines) is 1. The first kappa shape index (κ1) is 15.0. The maximum absolute atomic E-state index is 11.3. The van der Waals surface area contributed by atoms with Gasteiger partial charge in [-0.05, 0) is 25.8 Å². The quantitative estimate of drug-likeness (QED) is 0.824. The molecule has 110 valence electrons. The fourth-order valence-corrected chi connectivity index (χ4v) is 2.47. The third kappa shape index (κ3) is 4.05. The first-order valence-electron chi connectivity index (χ1n) is 7.27. The average Bonchev–Trinajstić information content (AvgIpc) is 2.85. The van der Waals surface area contributed by atoms with Crippen molar-refractivity contribution >= 4 is 5.91 Å². The van der Waals surface area contributed by atoms with Crippen molar-refractivity contribution in [2.24, 2.45) is 11.1 Å². The first-order chi connectivity index (χ1) is 9.47. The number of hydrogen-bond donors (Lipinski definition) is 2. The molecule has 4 heteroatoms. The van der Waals surface area contributed by atoms with Crippen LogP contribution in [0.1, 0.15) is 25.8 Å². The highest BCUT2D eigenvalue weighted by Gasteiger charge is 2.28. The maximum atomic E-state index is 11.3. The zero-order valence-electron chi connectivity index (χ0n) is 12.4. The van der Waals surface area contributed by atoms with Crippen molar-refractivity contribution in [3.63, 3.8) is 0 Å². The minimum atomic E-state index is -0.479. The summed E-state index contributed by atoms with van der Waals surface area (Å²) in [7, 11) is 0. The molecule has 0 aromatic heterocycles. The number of nitrogens with one attached hydrogen (secondary N) is 1. The van der Waals surface area contributed by atoms with Gasteiger partial charge in [0, 0.05) is 32.2 Å². The van der Waals surface area contributed by atoms with Crippen molar-refractivity contribution < 1.29 is 4.79 Å². The van der Waals surface area contributed by atoms with E-state index in [1.165, 1.54) is 5.56 Å². The summed E-state index contributed by atoms with van der Waals surface area (Å²) < 4.78 is 0. The lowest BCUT2D eigenvalue weighted by atomic mass is 9.92. The molecule has 20 heavy (non-hydrogen) atoms. The van der Waals surface area contributed by atoms with Gasteiger partial charge in [0.2, 0.25) is 5.91 Å². The fourth-order valence-electron chi connectivity index (χ4n) is 2.47. The molecule has 1 aliphatic rings. The van der Waals surface area contributed by atoms with Crippen LogP contribution in [0.3, 0.4) is 0 Å². The molecule has 4 nitrogen and oxygen atoms in total. The van der Waals surface area contributed by atoms with Crippen LogP contribution in [0.25, 0.3) is 0 Å². The van der Waals surface area contributed by atoms with Crippen LogP contribution in [-0.4, -0.2) is 36.5 Å². The Balaban J connectivity index is 1.77. The highest BCUT2D eigenvalue weighted by Crippen LogP contribution is 2.16. The van der Waals surface area contributed by atoms with Crippen molar-refractivity contribution in [3.8, 4) is 0 Å². The second-order valence-electron chi connectivity index (χ2n) is 6.34. The molecular formula is C16H25N3O. The fraction of sp³-hybridized carbons (Fsp3) is 0.562. The van der Waals surface area contributed by atoms with Gasteiger partial charge in [-0.25, -0.2) is 0 Å².